The first-order valence-electron chi connectivity index (χ1n) is 7.75. The smallest absolute Gasteiger partial charge is 0.0827 e. The van der Waals surface area contributed by atoms with Crippen LogP contribution < -0.4 is 0 Å². The summed E-state index contributed by atoms with van der Waals surface area (Å²) in [5.41, 5.74) is 1.14. The highest BCUT2D eigenvalue weighted by Crippen LogP contribution is 2.06. The standard InChI is InChI=1S/C11H21N3.2C2H6.CH4/c1-3-5-6-7-8-9-11-10-14(4-2)13-12-11;2*1-2;/h10H,3-9H2,1-2H3;2*1-2H3;1H4. The molecule has 0 saturated carbocycles. The number of rotatable bonds is 7. The molecule has 0 radical (unpaired) electrons. The molecule has 3 nitrogen and oxygen atoms in total. The fourth-order valence-corrected chi connectivity index (χ4v) is 1.52. The van der Waals surface area contributed by atoms with E-state index in [-0.39, 0.29) is 7.43 Å². The molecule has 1 aromatic heterocycles. The van der Waals surface area contributed by atoms with Crippen LogP contribution in [-0.2, 0) is 13.0 Å². The van der Waals surface area contributed by atoms with Crippen molar-refractivity contribution in [1.29, 1.82) is 0 Å². The summed E-state index contributed by atoms with van der Waals surface area (Å²) < 4.78 is 1.89. The second kappa shape index (κ2) is 19.5. The molecule has 0 spiro atoms. The summed E-state index contributed by atoms with van der Waals surface area (Å²) in [6.45, 7) is 13.2. The summed E-state index contributed by atoms with van der Waals surface area (Å²) in [4.78, 5) is 0. The molecule has 3 heteroatoms. The van der Waals surface area contributed by atoms with Crippen LogP contribution in [0.25, 0.3) is 0 Å². The SMILES string of the molecule is C.CC.CC.CCCCCCCc1cn(CC)nn1. The highest BCUT2D eigenvalue weighted by Gasteiger charge is 1.98. The minimum atomic E-state index is 0. The van der Waals surface area contributed by atoms with Crippen molar-refractivity contribution in [2.45, 2.75) is 94.0 Å². The van der Waals surface area contributed by atoms with Crippen molar-refractivity contribution in [3.05, 3.63) is 11.9 Å². The fourth-order valence-electron chi connectivity index (χ4n) is 1.52. The topological polar surface area (TPSA) is 30.7 Å². The highest BCUT2D eigenvalue weighted by atomic mass is 15.4. The van der Waals surface area contributed by atoms with E-state index in [4.69, 9.17) is 0 Å². The second-order valence-electron chi connectivity index (χ2n) is 3.73. The van der Waals surface area contributed by atoms with E-state index in [0.29, 0.717) is 0 Å². The molecule has 0 aliphatic rings. The maximum absolute atomic E-state index is 4.12. The van der Waals surface area contributed by atoms with Crippen molar-refractivity contribution < 1.29 is 0 Å². The molecule has 0 N–H and O–H groups in total. The van der Waals surface area contributed by atoms with Crippen molar-refractivity contribution in [2.75, 3.05) is 0 Å². The zero-order chi connectivity index (χ0) is 14.2. The summed E-state index contributed by atoms with van der Waals surface area (Å²) >= 11 is 0. The third-order valence-electron chi connectivity index (χ3n) is 2.45. The van der Waals surface area contributed by atoms with Gasteiger partial charge in [0.25, 0.3) is 0 Å². The van der Waals surface area contributed by atoms with E-state index in [0.717, 1.165) is 18.7 Å². The van der Waals surface area contributed by atoms with E-state index in [2.05, 4.69) is 30.4 Å². The van der Waals surface area contributed by atoms with E-state index in [1.165, 1.54) is 32.1 Å². The Kier molecular flexibility index (Phi) is 23.8. The lowest BCUT2D eigenvalue weighted by Gasteiger charge is -1.96. The van der Waals surface area contributed by atoms with Crippen LogP contribution in [0.1, 0.15) is 86.8 Å². The van der Waals surface area contributed by atoms with Crippen LogP contribution in [0.5, 0.6) is 0 Å². The summed E-state index contributed by atoms with van der Waals surface area (Å²) in [6.07, 6.45) is 9.75. The van der Waals surface area contributed by atoms with Gasteiger partial charge in [0, 0.05) is 12.7 Å². The molecule has 0 aliphatic heterocycles. The maximum Gasteiger partial charge on any atom is 0.0827 e. The number of nitrogens with zero attached hydrogens (tertiary/aromatic N) is 3. The predicted molar refractivity (Wildman–Crippen MR) is 87.6 cm³/mol. The Balaban J connectivity index is -0.000000467. The normalized spacial score (nSPS) is 8.53. The van der Waals surface area contributed by atoms with Gasteiger partial charge in [0.1, 0.15) is 0 Å². The van der Waals surface area contributed by atoms with Crippen LogP contribution in [0.4, 0.5) is 0 Å². The van der Waals surface area contributed by atoms with Crippen LogP contribution in [0.3, 0.4) is 0 Å². The second-order valence-corrected chi connectivity index (χ2v) is 3.73. The lowest BCUT2D eigenvalue weighted by atomic mass is 10.1. The monoisotopic (exact) mass is 271 g/mol. The lowest BCUT2D eigenvalue weighted by Crippen LogP contribution is -1.93. The first-order chi connectivity index (χ1) is 8.86. The molecule has 116 valence electrons. The van der Waals surface area contributed by atoms with Gasteiger partial charge in [-0.05, 0) is 19.8 Å². The van der Waals surface area contributed by atoms with Gasteiger partial charge in [-0.1, -0.05) is 72.9 Å². The summed E-state index contributed by atoms with van der Waals surface area (Å²) in [7, 11) is 0. The third kappa shape index (κ3) is 13.4. The minimum Gasteiger partial charge on any atom is -0.253 e. The van der Waals surface area contributed by atoms with Gasteiger partial charge >= 0.3 is 0 Å². The summed E-state index contributed by atoms with van der Waals surface area (Å²) in [5, 5.41) is 8.13. The van der Waals surface area contributed by atoms with Crippen molar-refractivity contribution >= 4 is 0 Å². The van der Waals surface area contributed by atoms with E-state index in [1.54, 1.807) is 0 Å². The molecular formula is C16H37N3. The van der Waals surface area contributed by atoms with Gasteiger partial charge in [-0.3, -0.25) is 4.68 Å². The Hall–Kier alpha value is -0.860. The molecule has 0 aliphatic carbocycles. The van der Waals surface area contributed by atoms with E-state index in [9.17, 15) is 0 Å². The molecule has 0 unspecified atom stereocenters. The van der Waals surface area contributed by atoms with Crippen molar-refractivity contribution in [1.82, 2.24) is 15.0 Å². The fraction of sp³-hybridized carbons (Fsp3) is 0.875. The molecule has 0 bridgehead atoms. The zero-order valence-electron chi connectivity index (χ0n) is 13.4. The van der Waals surface area contributed by atoms with Gasteiger partial charge in [-0.15, -0.1) is 5.10 Å². The predicted octanol–water partition coefficient (Wildman–Crippen LogP) is 5.50. The van der Waals surface area contributed by atoms with Gasteiger partial charge in [0.15, 0.2) is 0 Å². The van der Waals surface area contributed by atoms with Crippen LogP contribution in [-0.4, -0.2) is 15.0 Å². The number of hydrogen-bond acceptors (Lipinski definition) is 2. The van der Waals surface area contributed by atoms with Crippen LogP contribution in [0.15, 0.2) is 6.20 Å². The van der Waals surface area contributed by atoms with Crippen molar-refractivity contribution in [3.8, 4) is 0 Å². The maximum atomic E-state index is 4.12. The molecular weight excluding hydrogens is 234 g/mol. The van der Waals surface area contributed by atoms with Gasteiger partial charge in [0.05, 0.1) is 5.69 Å². The largest absolute Gasteiger partial charge is 0.253 e. The molecule has 0 aromatic carbocycles. The average Bonchev–Trinajstić information content (AvgIpc) is 2.91. The molecule has 19 heavy (non-hydrogen) atoms. The molecule has 0 fully saturated rings. The van der Waals surface area contributed by atoms with Gasteiger partial charge < -0.3 is 0 Å². The van der Waals surface area contributed by atoms with Gasteiger partial charge in [0.2, 0.25) is 0 Å². The number of aromatic nitrogens is 3. The molecule has 0 amide bonds. The summed E-state index contributed by atoms with van der Waals surface area (Å²) in [6, 6.07) is 0. The van der Waals surface area contributed by atoms with E-state index < -0.39 is 0 Å². The third-order valence-corrected chi connectivity index (χ3v) is 2.45. The van der Waals surface area contributed by atoms with Crippen LogP contribution >= 0.6 is 0 Å². The van der Waals surface area contributed by atoms with Crippen LogP contribution in [0, 0.1) is 0 Å². The molecule has 1 rings (SSSR count). The highest BCUT2D eigenvalue weighted by molar-refractivity contribution is 4.91. The summed E-state index contributed by atoms with van der Waals surface area (Å²) in [5.74, 6) is 0. The van der Waals surface area contributed by atoms with Gasteiger partial charge in [-0.2, -0.15) is 0 Å². The first-order valence-corrected chi connectivity index (χ1v) is 7.75. The van der Waals surface area contributed by atoms with E-state index in [1.807, 2.05) is 32.4 Å². The molecule has 1 aromatic rings. The van der Waals surface area contributed by atoms with Crippen molar-refractivity contribution in [3.63, 3.8) is 0 Å². The number of hydrogen-bond donors (Lipinski definition) is 0. The Morgan fingerprint density at radius 1 is 0.947 bits per heavy atom. The Morgan fingerprint density at radius 3 is 2.00 bits per heavy atom. The zero-order valence-corrected chi connectivity index (χ0v) is 13.4. The van der Waals surface area contributed by atoms with Crippen LogP contribution in [0.2, 0.25) is 0 Å². The first kappa shape index (κ1) is 23.2. The van der Waals surface area contributed by atoms with Crippen molar-refractivity contribution in [2.24, 2.45) is 0 Å². The van der Waals surface area contributed by atoms with E-state index >= 15 is 0 Å². The number of unbranched alkanes of at least 4 members (excludes halogenated alkanes) is 4. The molecule has 0 saturated heterocycles. The van der Waals surface area contributed by atoms with Gasteiger partial charge in [-0.25, -0.2) is 0 Å². The molecule has 0 atom stereocenters. The quantitative estimate of drug-likeness (QED) is 0.613. The average molecular weight is 271 g/mol. The Morgan fingerprint density at radius 2 is 1.53 bits per heavy atom. The Bertz CT molecular complexity index is 244. The Labute approximate surface area is 121 Å². The number of aryl methyl sites for hydroxylation is 2. The molecule has 1 heterocycles. The minimum absolute atomic E-state index is 0. The lowest BCUT2D eigenvalue weighted by molar-refractivity contribution is 0.622.